The van der Waals surface area contributed by atoms with Crippen LogP contribution in [0.25, 0.3) is 0 Å². The van der Waals surface area contributed by atoms with Gasteiger partial charge in [0.25, 0.3) is 0 Å². The molecule has 0 unspecified atom stereocenters. The van der Waals surface area contributed by atoms with Crippen LogP contribution in [0.3, 0.4) is 0 Å². The van der Waals surface area contributed by atoms with Gasteiger partial charge in [-0.2, -0.15) is 0 Å². The molecule has 2 nitrogen and oxygen atoms in total. The van der Waals surface area contributed by atoms with Gasteiger partial charge in [-0.15, -0.1) is 0 Å². The van der Waals surface area contributed by atoms with Gasteiger partial charge in [-0.3, -0.25) is 0 Å². The Hall–Kier alpha value is -2.88. The van der Waals surface area contributed by atoms with E-state index < -0.39 is 0 Å². The summed E-state index contributed by atoms with van der Waals surface area (Å²) >= 11 is 6.20. The first-order chi connectivity index (χ1) is 14.7. The molecule has 0 aliphatic carbocycles. The molecule has 0 radical (unpaired) electrons. The van der Waals surface area contributed by atoms with Gasteiger partial charge in [0.15, 0.2) is 14.7 Å². The average molecular weight is 434 g/mol. The summed E-state index contributed by atoms with van der Waals surface area (Å²) in [5, 5.41) is 0.587. The molecule has 0 N–H and O–H groups in total. The topological polar surface area (TPSA) is 18.5 Å². The van der Waals surface area contributed by atoms with Crippen molar-refractivity contribution < 1.29 is 9.47 Å². The minimum atomic E-state index is -0.168. The fourth-order valence-corrected chi connectivity index (χ4v) is 5.45. The van der Waals surface area contributed by atoms with Crippen molar-refractivity contribution in [3.63, 3.8) is 0 Å². The molecule has 0 aliphatic heterocycles. The predicted molar refractivity (Wildman–Crippen MR) is 124 cm³/mol. The third kappa shape index (κ3) is 4.99. The molecule has 0 spiro atoms. The van der Waals surface area contributed by atoms with Gasteiger partial charge < -0.3 is 9.47 Å². The molecule has 0 bridgehead atoms. The number of rotatable bonds is 7. The first-order valence-electron chi connectivity index (χ1n) is 9.67. The molecule has 0 saturated carbocycles. The molecule has 0 heterocycles. The first kappa shape index (κ1) is 20.4. The van der Waals surface area contributed by atoms with E-state index in [1.54, 1.807) is 0 Å². The monoisotopic (exact) mass is 433 g/mol. The van der Waals surface area contributed by atoms with Gasteiger partial charge in [0, 0.05) is 0 Å². The van der Waals surface area contributed by atoms with Crippen LogP contribution in [0.2, 0.25) is 5.02 Å². The third-order valence-corrected chi connectivity index (χ3v) is 7.07. The van der Waals surface area contributed by atoms with E-state index in [0.29, 0.717) is 10.8 Å². The highest BCUT2D eigenvalue weighted by atomic mass is 35.5. The minimum Gasteiger partial charge on any atom is -0.457 e. The Morgan fingerprint density at radius 1 is 0.667 bits per heavy atom. The Morgan fingerprint density at radius 2 is 1.23 bits per heavy atom. The summed E-state index contributed by atoms with van der Waals surface area (Å²) in [7, 11) is -0.168. The molecule has 4 heteroatoms. The predicted octanol–water partition coefficient (Wildman–Crippen LogP) is 7.16. The number of ether oxygens (including phenoxy) is 2. The van der Waals surface area contributed by atoms with Gasteiger partial charge in [0.2, 0.25) is 6.79 Å². The van der Waals surface area contributed by atoms with Crippen LogP contribution in [0.1, 0.15) is 5.56 Å². The van der Waals surface area contributed by atoms with E-state index in [9.17, 15) is 0 Å². The lowest BCUT2D eigenvalue weighted by Gasteiger charge is -2.11. The second kappa shape index (κ2) is 9.75. The smallest absolute Gasteiger partial charge is 0.230 e. The lowest BCUT2D eigenvalue weighted by molar-refractivity contribution is 0.120. The van der Waals surface area contributed by atoms with Crippen LogP contribution >= 0.6 is 11.6 Å². The summed E-state index contributed by atoms with van der Waals surface area (Å²) in [5.74, 6) is 1.38. The minimum absolute atomic E-state index is 0.102. The number of benzene rings is 4. The molecular formula is C26H22ClO2S+. The fraction of sp³-hybridized carbons (Fsp3) is 0.0769. The first-order valence-corrected chi connectivity index (χ1v) is 11.3. The maximum atomic E-state index is 6.20. The molecule has 4 aromatic carbocycles. The summed E-state index contributed by atoms with van der Waals surface area (Å²) in [6.07, 6.45) is 0. The fourth-order valence-electron chi connectivity index (χ4n) is 3.08. The summed E-state index contributed by atoms with van der Waals surface area (Å²) in [6, 6.07) is 35.1. The maximum Gasteiger partial charge on any atom is 0.230 e. The summed E-state index contributed by atoms with van der Waals surface area (Å²) in [4.78, 5) is 3.81. The Labute approximate surface area is 185 Å². The van der Waals surface area contributed by atoms with Crippen LogP contribution in [-0.4, -0.2) is 6.79 Å². The van der Waals surface area contributed by atoms with Crippen LogP contribution in [0.5, 0.6) is 11.5 Å². The standard InChI is InChI=1S/C26H22ClO2S/c1-20-12-17-26(25(27)18-20)29-19-28-21-13-15-24(16-14-21)30(22-8-4-2-5-9-22)23-10-6-3-7-11-23/h2-18H,19H2,1H3/q+1. The van der Waals surface area contributed by atoms with E-state index in [1.807, 2.05) is 49.4 Å². The van der Waals surface area contributed by atoms with Crippen molar-refractivity contribution in [2.75, 3.05) is 6.79 Å². The Kier molecular flexibility index (Phi) is 6.63. The van der Waals surface area contributed by atoms with Crippen molar-refractivity contribution in [2.45, 2.75) is 21.6 Å². The molecular weight excluding hydrogens is 412 g/mol. The molecule has 0 fully saturated rings. The Morgan fingerprint density at radius 3 is 1.80 bits per heavy atom. The van der Waals surface area contributed by atoms with Crippen molar-refractivity contribution >= 4 is 22.5 Å². The lowest BCUT2D eigenvalue weighted by atomic mass is 10.2. The van der Waals surface area contributed by atoms with Crippen LogP contribution in [0.4, 0.5) is 0 Å². The molecule has 0 amide bonds. The molecule has 0 aromatic heterocycles. The Bertz CT molecular complexity index is 1040. The van der Waals surface area contributed by atoms with Gasteiger partial charge in [-0.1, -0.05) is 54.1 Å². The zero-order valence-corrected chi connectivity index (χ0v) is 18.2. The quantitative estimate of drug-likeness (QED) is 0.227. The van der Waals surface area contributed by atoms with Gasteiger partial charge in [0.05, 0.1) is 15.9 Å². The van der Waals surface area contributed by atoms with Crippen LogP contribution in [0.15, 0.2) is 118 Å². The zero-order valence-electron chi connectivity index (χ0n) is 16.6. The highest BCUT2D eigenvalue weighted by Crippen LogP contribution is 2.32. The Balaban J connectivity index is 1.48. The van der Waals surface area contributed by atoms with Crippen molar-refractivity contribution in [2.24, 2.45) is 0 Å². The molecule has 4 rings (SSSR count). The van der Waals surface area contributed by atoms with Crippen LogP contribution in [-0.2, 0) is 10.9 Å². The second-order valence-electron chi connectivity index (χ2n) is 6.74. The summed E-state index contributed by atoms with van der Waals surface area (Å²) in [6.45, 7) is 2.09. The van der Waals surface area contributed by atoms with Gasteiger partial charge in [0.1, 0.15) is 11.5 Å². The van der Waals surface area contributed by atoms with Crippen LogP contribution in [0, 0.1) is 6.92 Å². The number of hydrogen-bond donors (Lipinski definition) is 0. The van der Waals surface area contributed by atoms with Crippen LogP contribution < -0.4 is 9.47 Å². The molecule has 30 heavy (non-hydrogen) atoms. The van der Waals surface area contributed by atoms with E-state index in [1.165, 1.54) is 14.7 Å². The van der Waals surface area contributed by atoms with Gasteiger partial charge in [-0.25, -0.2) is 0 Å². The SMILES string of the molecule is Cc1ccc(OCOc2ccc([S+](c3ccccc3)c3ccccc3)cc2)c(Cl)c1. The summed E-state index contributed by atoms with van der Waals surface area (Å²) in [5.41, 5.74) is 1.09. The third-order valence-electron chi connectivity index (χ3n) is 4.54. The van der Waals surface area contributed by atoms with Crippen molar-refractivity contribution in [3.05, 3.63) is 114 Å². The van der Waals surface area contributed by atoms with Gasteiger partial charge in [-0.05, 0) is 73.2 Å². The number of hydrogen-bond acceptors (Lipinski definition) is 2. The zero-order chi connectivity index (χ0) is 20.8. The average Bonchev–Trinajstić information content (AvgIpc) is 2.78. The van der Waals surface area contributed by atoms with Crippen molar-refractivity contribution in [1.82, 2.24) is 0 Å². The number of halogens is 1. The van der Waals surface area contributed by atoms with Crippen molar-refractivity contribution in [1.29, 1.82) is 0 Å². The van der Waals surface area contributed by atoms with E-state index in [4.69, 9.17) is 21.1 Å². The van der Waals surface area contributed by atoms with E-state index >= 15 is 0 Å². The van der Waals surface area contributed by atoms with E-state index in [0.717, 1.165) is 11.3 Å². The molecule has 0 atom stereocenters. The normalized spacial score (nSPS) is 10.8. The largest absolute Gasteiger partial charge is 0.457 e. The molecule has 0 saturated heterocycles. The van der Waals surface area contributed by atoms with Crippen molar-refractivity contribution in [3.8, 4) is 11.5 Å². The molecule has 150 valence electrons. The highest BCUT2D eigenvalue weighted by Gasteiger charge is 2.28. The molecule has 4 aromatic rings. The van der Waals surface area contributed by atoms with E-state index in [-0.39, 0.29) is 17.7 Å². The summed E-state index contributed by atoms with van der Waals surface area (Å²) < 4.78 is 11.4. The maximum absolute atomic E-state index is 6.20. The molecule has 0 aliphatic rings. The number of aryl methyl sites for hydroxylation is 1. The highest BCUT2D eigenvalue weighted by molar-refractivity contribution is 7.97. The second-order valence-corrected chi connectivity index (χ2v) is 9.18. The van der Waals surface area contributed by atoms with E-state index in [2.05, 4.69) is 60.7 Å². The lowest BCUT2D eigenvalue weighted by Crippen LogP contribution is -2.07. The van der Waals surface area contributed by atoms with Gasteiger partial charge >= 0.3 is 0 Å².